The van der Waals surface area contributed by atoms with Crippen LogP contribution in [0.2, 0.25) is 0 Å². The maximum atomic E-state index is 13.3. The van der Waals surface area contributed by atoms with E-state index in [0.717, 1.165) is 25.7 Å². The molecule has 0 bridgehead atoms. The van der Waals surface area contributed by atoms with Gasteiger partial charge in [-0.25, -0.2) is 4.79 Å². The molecule has 160 valence electrons. The van der Waals surface area contributed by atoms with E-state index in [-0.39, 0.29) is 23.2 Å². The highest BCUT2D eigenvalue weighted by Crippen LogP contribution is 2.39. The molecule has 8 nitrogen and oxygen atoms in total. The van der Waals surface area contributed by atoms with Crippen LogP contribution in [-0.4, -0.2) is 30.0 Å². The molecule has 1 unspecified atom stereocenters. The minimum Gasteiger partial charge on any atom is -0.466 e. The molecule has 0 aromatic heterocycles. The Kier molecular flexibility index (Phi) is 6.54. The lowest BCUT2D eigenvalue weighted by molar-refractivity contribution is -0.384. The molecule has 1 saturated carbocycles. The maximum absolute atomic E-state index is 13.3. The number of dihydropyridines is 1. The number of esters is 1. The summed E-state index contributed by atoms with van der Waals surface area (Å²) in [6.45, 7) is 3.51. The van der Waals surface area contributed by atoms with Crippen molar-refractivity contribution < 1.29 is 19.2 Å². The summed E-state index contributed by atoms with van der Waals surface area (Å²) in [7, 11) is 1.28. The van der Waals surface area contributed by atoms with Gasteiger partial charge in [0.2, 0.25) is 5.91 Å². The Morgan fingerprint density at radius 3 is 2.43 bits per heavy atom. The molecule has 1 fully saturated rings. The van der Waals surface area contributed by atoms with Crippen molar-refractivity contribution in [3.05, 3.63) is 62.5 Å². The number of nitrogens with one attached hydrogen (secondary N) is 2. The van der Waals surface area contributed by atoms with E-state index in [1.54, 1.807) is 26.0 Å². The fourth-order valence-corrected chi connectivity index (χ4v) is 4.34. The average Bonchev–Trinajstić information content (AvgIpc) is 2.73. The molecular formula is C22H27N3O5. The largest absolute Gasteiger partial charge is 0.466 e. The van der Waals surface area contributed by atoms with Crippen LogP contribution in [0, 0.1) is 10.1 Å². The molecule has 30 heavy (non-hydrogen) atoms. The molecule has 1 amide bonds. The molecule has 1 aromatic rings. The van der Waals surface area contributed by atoms with Crippen LogP contribution in [0.4, 0.5) is 5.69 Å². The Bertz CT molecular complexity index is 928. The molecule has 1 aliphatic heterocycles. The lowest BCUT2D eigenvalue weighted by atomic mass is 9.79. The highest BCUT2D eigenvalue weighted by atomic mass is 16.6. The average molecular weight is 413 g/mol. The van der Waals surface area contributed by atoms with Gasteiger partial charge in [0.15, 0.2) is 0 Å². The molecule has 1 aliphatic carbocycles. The van der Waals surface area contributed by atoms with Crippen molar-refractivity contribution in [2.45, 2.75) is 57.9 Å². The first-order chi connectivity index (χ1) is 14.3. The summed E-state index contributed by atoms with van der Waals surface area (Å²) in [6, 6.07) is 6.14. The fraction of sp³-hybridized carbons (Fsp3) is 0.455. The third-order valence-corrected chi connectivity index (χ3v) is 5.77. The lowest BCUT2D eigenvalue weighted by Crippen LogP contribution is -2.41. The number of nitrogens with zero attached hydrogens (tertiary/aromatic N) is 1. The van der Waals surface area contributed by atoms with Crippen LogP contribution in [0.25, 0.3) is 0 Å². The third-order valence-electron chi connectivity index (χ3n) is 5.77. The van der Waals surface area contributed by atoms with Gasteiger partial charge in [-0.15, -0.1) is 0 Å². The number of carbonyl (C=O) groups is 2. The molecule has 2 N–H and O–H groups in total. The number of benzene rings is 1. The van der Waals surface area contributed by atoms with E-state index in [0.29, 0.717) is 22.5 Å². The Morgan fingerprint density at radius 1 is 1.13 bits per heavy atom. The van der Waals surface area contributed by atoms with Gasteiger partial charge in [0, 0.05) is 35.1 Å². The van der Waals surface area contributed by atoms with Crippen molar-refractivity contribution in [3.8, 4) is 0 Å². The highest BCUT2D eigenvalue weighted by Gasteiger charge is 2.38. The summed E-state index contributed by atoms with van der Waals surface area (Å²) >= 11 is 0. The number of amides is 1. The number of nitro groups is 1. The zero-order chi connectivity index (χ0) is 21.8. The predicted octanol–water partition coefficient (Wildman–Crippen LogP) is 3.45. The van der Waals surface area contributed by atoms with Gasteiger partial charge in [0.1, 0.15) is 0 Å². The second kappa shape index (κ2) is 9.11. The minimum atomic E-state index is -0.762. The quantitative estimate of drug-likeness (QED) is 0.435. The number of ether oxygens (including phenoxy) is 1. The Hall–Kier alpha value is -3.16. The second-order valence-corrected chi connectivity index (χ2v) is 7.79. The Morgan fingerprint density at radius 2 is 1.80 bits per heavy atom. The van der Waals surface area contributed by atoms with E-state index in [9.17, 15) is 19.7 Å². The first-order valence-electron chi connectivity index (χ1n) is 10.2. The number of nitro benzene ring substituents is 1. The summed E-state index contributed by atoms with van der Waals surface area (Å²) in [5.41, 5.74) is 2.23. The van der Waals surface area contributed by atoms with Crippen molar-refractivity contribution in [3.63, 3.8) is 0 Å². The zero-order valence-electron chi connectivity index (χ0n) is 17.5. The Balaban J connectivity index is 2.07. The van der Waals surface area contributed by atoms with Gasteiger partial charge in [0.05, 0.1) is 23.5 Å². The van der Waals surface area contributed by atoms with Gasteiger partial charge >= 0.3 is 5.97 Å². The predicted molar refractivity (Wildman–Crippen MR) is 111 cm³/mol. The number of rotatable bonds is 5. The summed E-state index contributed by atoms with van der Waals surface area (Å²) in [4.78, 5) is 36.8. The van der Waals surface area contributed by atoms with Gasteiger partial charge in [0.25, 0.3) is 5.69 Å². The number of hydrogen-bond acceptors (Lipinski definition) is 6. The standard InChI is InChI=1S/C22H27N3O5/c1-13-18(21(26)24-16-9-5-4-6-10-16)20(19(14(2)23-13)22(27)30-3)15-8-7-11-17(12-15)25(28)29/h7-8,11-12,16,20,23H,4-6,9-10H2,1-3H3,(H,24,26). The van der Waals surface area contributed by atoms with E-state index < -0.39 is 16.8 Å². The van der Waals surface area contributed by atoms with Gasteiger partial charge in [-0.05, 0) is 32.3 Å². The molecule has 0 radical (unpaired) electrons. The lowest BCUT2D eigenvalue weighted by Gasteiger charge is -2.32. The number of carbonyl (C=O) groups excluding carboxylic acids is 2. The SMILES string of the molecule is COC(=O)C1=C(C)NC(C)=C(C(=O)NC2CCCCC2)C1c1cccc([N+](=O)[O-])c1. The topological polar surface area (TPSA) is 111 Å². The van der Waals surface area contributed by atoms with E-state index in [4.69, 9.17) is 4.74 Å². The van der Waals surface area contributed by atoms with Gasteiger partial charge in [-0.2, -0.15) is 0 Å². The number of non-ortho nitro benzene ring substituents is 1. The van der Waals surface area contributed by atoms with Crippen molar-refractivity contribution in [2.75, 3.05) is 7.11 Å². The molecular weight excluding hydrogens is 386 g/mol. The maximum Gasteiger partial charge on any atom is 0.336 e. The van der Waals surface area contributed by atoms with Crippen LogP contribution < -0.4 is 10.6 Å². The second-order valence-electron chi connectivity index (χ2n) is 7.79. The molecule has 8 heteroatoms. The number of allylic oxidation sites excluding steroid dienone is 2. The number of hydrogen-bond donors (Lipinski definition) is 2. The van der Waals surface area contributed by atoms with Crippen molar-refractivity contribution >= 4 is 17.6 Å². The summed E-state index contributed by atoms with van der Waals surface area (Å²) in [5, 5.41) is 17.5. The van der Waals surface area contributed by atoms with Gasteiger partial charge < -0.3 is 15.4 Å². The van der Waals surface area contributed by atoms with Crippen molar-refractivity contribution in [2.24, 2.45) is 0 Å². The summed E-state index contributed by atoms with van der Waals surface area (Å²) < 4.78 is 4.98. The van der Waals surface area contributed by atoms with Crippen LogP contribution in [0.5, 0.6) is 0 Å². The van der Waals surface area contributed by atoms with Crippen LogP contribution >= 0.6 is 0 Å². The van der Waals surface area contributed by atoms with E-state index >= 15 is 0 Å². The highest BCUT2D eigenvalue weighted by molar-refractivity contribution is 6.02. The first kappa shape index (κ1) is 21.5. The van der Waals surface area contributed by atoms with Gasteiger partial charge in [-0.3, -0.25) is 14.9 Å². The van der Waals surface area contributed by atoms with E-state index in [1.165, 1.54) is 25.7 Å². The smallest absolute Gasteiger partial charge is 0.336 e. The third kappa shape index (κ3) is 4.37. The van der Waals surface area contributed by atoms with Crippen molar-refractivity contribution in [1.82, 2.24) is 10.6 Å². The normalized spacial score (nSPS) is 19.9. The molecule has 0 spiro atoms. The Labute approximate surface area is 175 Å². The van der Waals surface area contributed by atoms with Crippen LogP contribution in [-0.2, 0) is 14.3 Å². The van der Waals surface area contributed by atoms with E-state index in [1.807, 2.05) is 0 Å². The van der Waals surface area contributed by atoms with Crippen LogP contribution in [0.1, 0.15) is 57.4 Å². The molecule has 1 heterocycles. The first-order valence-corrected chi connectivity index (χ1v) is 10.2. The monoisotopic (exact) mass is 413 g/mol. The molecule has 3 rings (SSSR count). The zero-order valence-corrected chi connectivity index (χ0v) is 17.5. The fourth-order valence-electron chi connectivity index (χ4n) is 4.34. The minimum absolute atomic E-state index is 0.0888. The molecule has 1 aromatic carbocycles. The number of methoxy groups -OCH3 is 1. The summed E-state index contributed by atoms with van der Waals surface area (Å²) in [5.74, 6) is -1.61. The van der Waals surface area contributed by atoms with Gasteiger partial charge in [-0.1, -0.05) is 31.4 Å². The summed E-state index contributed by atoms with van der Waals surface area (Å²) in [6.07, 6.45) is 5.15. The van der Waals surface area contributed by atoms with Crippen molar-refractivity contribution in [1.29, 1.82) is 0 Å². The molecule has 0 saturated heterocycles. The van der Waals surface area contributed by atoms with Crippen LogP contribution in [0.3, 0.4) is 0 Å². The molecule has 2 aliphatic rings. The van der Waals surface area contributed by atoms with E-state index in [2.05, 4.69) is 10.6 Å². The van der Waals surface area contributed by atoms with Crippen LogP contribution in [0.15, 0.2) is 46.8 Å². The molecule has 1 atom stereocenters.